The van der Waals surface area contributed by atoms with Gasteiger partial charge in [-0.1, -0.05) is 18.2 Å². The van der Waals surface area contributed by atoms with Crippen molar-refractivity contribution in [2.24, 2.45) is 0 Å². The Morgan fingerprint density at radius 1 is 0.861 bits per heavy atom. The van der Waals surface area contributed by atoms with Gasteiger partial charge in [-0.25, -0.2) is 0 Å². The van der Waals surface area contributed by atoms with E-state index in [4.69, 9.17) is 18.6 Å². The fraction of sp³-hybridized carbons (Fsp3) is 0.286. The number of fused-ring (bicyclic) bond motifs is 2. The largest absolute Gasteiger partial charge is 0.493 e. The highest BCUT2D eigenvalue weighted by Gasteiger charge is 2.31. The summed E-state index contributed by atoms with van der Waals surface area (Å²) >= 11 is 0. The smallest absolute Gasteiger partial charge is 0.416 e. The zero-order valence-corrected chi connectivity index (χ0v) is 20.2. The average molecular weight is 498 g/mol. The van der Waals surface area contributed by atoms with Gasteiger partial charge in [-0.2, -0.15) is 13.2 Å². The second kappa shape index (κ2) is 9.43. The van der Waals surface area contributed by atoms with Crippen LogP contribution in [0.2, 0.25) is 0 Å². The van der Waals surface area contributed by atoms with E-state index in [-0.39, 0.29) is 0 Å². The van der Waals surface area contributed by atoms with Crippen molar-refractivity contribution in [3.63, 3.8) is 0 Å². The van der Waals surface area contributed by atoms with Gasteiger partial charge in [-0.05, 0) is 59.5 Å². The molecule has 1 aliphatic rings. The zero-order valence-electron chi connectivity index (χ0n) is 20.2. The summed E-state index contributed by atoms with van der Waals surface area (Å²) in [6, 6.07) is 14.8. The van der Waals surface area contributed by atoms with Gasteiger partial charge in [0.15, 0.2) is 22.8 Å². The second-order valence-corrected chi connectivity index (χ2v) is 8.80. The van der Waals surface area contributed by atoms with Crippen LogP contribution in [0, 0.1) is 0 Å². The second-order valence-electron chi connectivity index (χ2n) is 8.80. The molecule has 8 heteroatoms. The van der Waals surface area contributed by atoms with Crippen LogP contribution in [0.15, 0.2) is 59.0 Å². The number of hydrogen-bond acceptors (Lipinski definition) is 5. The molecule has 0 unspecified atom stereocenters. The van der Waals surface area contributed by atoms with E-state index in [1.165, 1.54) is 17.2 Å². The minimum absolute atomic E-state index is 0.363. The molecule has 0 amide bonds. The maximum Gasteiger partial charge on any atom is 0.416 e. The van der Waals surface area contributed by atoms with Crippen LogP contribution in [-0.4, -0.2) is 32.8 Å². The number of furan rings is 1. The number of alkyl halides is 3. The van der Waals surface area contributed by atoms with E-state index in [1.54, 1.807) is 33.5 Å². The normalized spacial score (nSPS) is 14.1. The van der Waals surface area contributed by atoms with E-state index < -0.39 is 11.7 Å². The Bertz CT molecular complexity index is 1410. The molecule has 0 spiro atoms. The summed E-state index contributed by atoms with van der Waals surface area (Å²) in [7, 11) is 4.80. The fourth-order valence-corrected chi connectivity index (χ4v) is 4.76. The molecule has 5 nitrogen and oxygen atoms in total. The van der Waals surface area contributed by atoms with E-state index in [0.29, 0.717) is 35.0 Å². The summed E-state index contributed by atoms with van der Waals surface area (Å²) < 4.78 is 62.2. The van der Waals surface area contributed by atoms with Crippen LogP contribution in [0.4, 0.5) is 13.2 Å². The van der Waals surface area contributed by atoms with Gasteiger partial charge in [0.25, 0.3) is 0 Å². The van der Waals surface area contributed by atoms with Crippen LogP contribution in [0.1, 0.15) is 22.3 Å². The molecule has 0 bridgehead atoms. The van der Waals surface area contributed by atoms with Crippen molar-refractivity contribution in [2.45, 2.75) is 25.7 Å². The van der Waals surface area contributed by atoms with Gasteiger partial charge >= 0.3 is 6.18 Å². The third kappa shape index (κ3) is 4.48. The van der Waals surface area contributed by atoms with Gasteiger partial charge in [0.2, 0.25) is 0 Å². The predicted molar refractivity (Wildman–Crippen MR) is 131 cm³/mol. The van der Waals surface area contributed by atoms with E-state index in [9.17, 15) is 13.2 Å². The molecule has 188 valence electrons. The van der Waals surface area contributed by atoms with Crippen molar-refractivity contribution in [1.29, 1.82) is 0 Å². The monoisotopic (exact) mass is 497 g/mol. The molecule has 0 N–H and O–H groups in total. The minimum atomic E-state index is -4.43. The third-order valence-corrected chi connectivity index (χ3v) is 6.62. The minimum Gasteiger partial charge on any atom is -0.493 e. The highest BCUT2D eigenvalue weighted by molar-refractivity contribution is 5.90. The Hall–Kier alpha value is -3.65. The summed E-state index contributed by atoms with van der Waals surface area (Å²) in [6.45, 7) is 2.24. The van der Waals surface area contributed by atoms with Crippen LogP contribution < -0.4 is 14.2 Å². The molecule has 2 heterocycles. The lowest BCUT2D eigenvalue weighted by Gasteiger charge is -2.29. The van der Waals surface area contributed by atoms with Crippen molar-refractivity contribution in [3.05, 3.63) is 76.9 Å². The van der Waals surface area contributed by atoms with Gasteiger partial charge in [0.05, 0.1) is 26.9 Å². The summed E-state index contributed by atoms with van der Waals surface area (Å²) in [5.41, 5.74) is 3.59. The molecule has 0 radical (unpaired) electrons. The lowest BCUT2D eigenvalue weighted by Crippen LogP contribution is -2.30. The summed E-state index contributed by atoms with van der Waals surface area (Å²) in [4.78, 5) is 2.33. The fourth-order valence-electron chi connectivity index (χ4n) is 4.76. The number of ether oxygens (including phenoxy) is 3. The molecule has 5 rings (SSSR count). The quantitative estimate of drug-likeness (QED) is 0.297. The molecular formula is C28H26F3NO4. The predicted octanol–water partition coefficient (Wildman–Crippen LogP) is 6.70. The van der Waals surface area contributed by atoms with Gasteiger partial charge < -0.3 is 18.6 Å². The Balaban J connectivity index is 1.47. The first-order valence-electron chi connectivity index (χ1n) is 11.5. The zero-order chi connectivity index (χ0) is 25.4. The van der Waals surface area contributed by atoms with Crippen molar-refractivity contribution < 1.29 is 31.8 Å². The van der Waals surface area contributed by atoms with E-state index in [1.807, 2.05) is 24.3 Å². The van der Waals surface area contributed by atoms with Crippen molar-refractivity contribution in [1.82, 2.24) is 4.90 Å². The topological polar surface area (TPSA) is 44.1 Å². The molecular weight excluding hydrogens is 471 g/mol. The maximum atomic E-state index is 13.3. The van der Waals surface area contributed by atoms with Crippen LogP contribution >= 0.6 is 0 Å². The average Bonchev–Trinajstić information content (AvgIpc) is 3.34. The standard InChI is InChI=1S/C28H26F3NO4/c1-33-23-8-7-19(15-32-10-9-17-12-25(34-2)26(35-3)13-20(17)16-32)22-14-24(36-27(22)23)18-5-4-6-21(11-18)28(29,30)31/h4-8,11-14H,9-10,15-16H2,1-3H3. The lowest BCUT2D eigenvalue weighted by atomic mass is 9.98. The molecule has 1 aromatic heterocycles. The third-order valence-electron chi connectivity index (χ3n) is 6.62. The van der Waals surface area contributed by atoms with Gasteiger partial charge in [-0.3, -0.25) is 4.90 Å². The highest BCUT2D eigenvalue weighted by atomic mass is 19.4. The molecule has 0 saturated carbocycles. The first-order chi connectivity index (χ1) is 17.3. The molecule has 3 aromatic carbocycles. The number of methoxy groups -OCH3 is 3. The van der Waals surface area contributed by atoms with Crippen molar-refractivity contribution in [3.8, 4) is 28.6 Å². The summed E-state index contributed by atoms with van der Waals surface area (Å²) in [6.07, 6.45) is -3.56. The Labute approximate surface area is 207 Å². The molecule has 36 heavy (non-hydrogen) atoms. The van der Waals surface area contributed by atoms with Gasteiger partial charge in [0, 0.05) is 30.6 Å². The summed E-state index contributed by atoms with van der Waals surface area (Å²) in [5.74, 6) is 2.32. The van der Waals surface area contributed by atoms with E-state index >= 15 is 0 Å². The number of nitrogens with zero attached hydrogens (tertiary/aromatic N) is 1. The van der Waals surface area contributed by atoms with Crippen LogP contribution in [0.25, 0.3) is 22.3 Å². The van der Waals surface area contributed by atoms with Crippen molar-refractivity contribution in [2.75, 3.05) is 27.9 Å². The first kappa shape index (κ1) is 24.1. The molecule has 0 atom stereocenters. The Morgan fingerprint density at radius 3 is 2.28 bits per heavy atom. The number of hydrogen-bond donors (Lipinski definition) is 0. The molecule has 4 aromatic rings. The maximum absolute atomic E-state index is 13.3. The lowest BCUT2D eigenvalue weighted by molar-refractivity contribution is -0.137. The van der Waals surface area contributed by atoms with Gasteiger partial charge in [-0.15, -0.1) is 0 Å². The first-order valence-corrected chi connectivity index (χ1v) is 11.5. The summed E-state index contributed by atoms with van der Waals surface area (Å²) in [5, 5.41) is 0.819. The molecule has 0 fully saturated rings. The van der Waals surface area contributed by atoms with Crippen LogP contribution in [-0.2, 0) is 25.7 Å². The number of benzene rings is 3. The highest BCUT2D eigenvalue weighted by Crippen LogP contribution is 2.39. The van der Waals surface area contributed by atoms with Crippen LogP contribution in [0.3, 0.4) is 0 Å². The Kier molecular flexibility index (Phi) is 6.30. The van der Waals surface area contributed by atoms with Crippen LogP contribution in [0.5, 0.6) is 17.2 Å². The SMILES string of the molecule is COc1cc2c(cc1OC)CN(Cc1ccc(OC)c3oc(-c4cccc(C(F)(F)F)c4)cc13)CC2. The van der Waals surface area contributed by atoms with Gasteiger partial charge in [0.1, 0.15) is 5.76 Å². The van der Waals surface area contributed by atoms with E-state index in [2.05, 4.69) is 4.90 Å². The molecule has 1 aliphatic heterocycles. The van der Waals surface area contributed by atoms with Crippen molar-refractivity contribution >= 4 is 11.0 Å². The number of rotatable bonds is 6. The molecule has 0 aliphatic carbocycles. The van der Waals surface area contributed by atoms with E-state index in [0.717, 1.165) is 48.3 Å². The molecule has 0 saturated heterocycles. The number of halogens is 3. The Morgan fingerprint density at radius 2 is 1.58 bits per heavy atom.